The van der Waals surface area contributed by atoms with Gasteiger partial charge in [-0.05, 0) is 74.6 Å². The molecule has 0 amide bonds. The molecule has 0 fully saturated rings. The van der Waals surface area contributed by atoms with E-state index in [2.05, 4.69) is 16.0 Å². The summed E-state index contributed by atoms with van der Waals surface area (Å²) in [6.07, 6.45) is 10.0. The maximum atomic E-state index is 13.7. The lowest BCUT2D eigenvalue weighted by Gasteiger charge is -2.37. The second kappa shape index (κ2) is 11.2. The number of aliphatic hydroxyl groups excluding tert-OH is 1. The van der Waals surface area contributed by atoms with E-state index < -0.39 is 16.1 Å². The molecule has 3 atom stereocenters. The number of allylic oxidation sites excluding steroid dienone is 2. The Bertz CT molecular complexity index is 1140. The predicted octanol–water partition coefficient (Wildman–Crippen LogP) is 3.94. The van der Waals surface area contributed by atoms with Gasteiger partial charge in [-0.15, -0.1) is 0 Å². The quantitative estimate of drug-likeness (QED) is 0.621. The summed E-state index contributed by atoms with van der Waals surface area (Å²) in [6, 6.07) is 8.92. The van der Waals surface area contributed by atoms with Crippen LogP contribution in [-0.2, 0) is 16.6 Å². The normalized spacial score (nSPS) is 23.5. The first-order valence-corrected chi connectivity index (χ1v) is 13.9. The lowest BCUT2D eigenvalue weighted by atomic mass is 9.93. The van der Waals surface area contributed by atoms with Crippen LogP contribution < -0.4 is 4.74 Å². The molecular weight excluding hydrogens is 462 g/mol. The third-order valence-electron chi connectivity index (χ3n) is 7.00. The first-order valence-electron chi connectivity index (χ1n) is 12.5. The summed E-state index contributed by atoms with van der Waals surface area (Å²) in [4.78, 5) is 6.56. The molecule has 190 valence electrons. The lowest BCUT2D eigenvalue weighted by molar-refractivity contribution is 0.0733. The van der Waals surface area contributed by atoms with Crippen LogP contribution in [0.5, 0.6) is 5.75 Å². The Morgan fingerprint density at radius 3 is 2.80 bits per heavy atom. The molecule has 1 aliphatic heterocycles. The molecule has 0 saturated heterocycles. The standard InChI is InChI=1S/C27H37N3O4S/c1-20-16-30(21(2)19-31)35(32,33)27-12-11-24(23-9-5-4-6-10-23)14-25(27)34-26(20)18-29(3)17-22-8-7-13-28-15-22/h7-9,11-15,20-21,26,31H,4-6,10,16-19H2,1-3H3/t20-,21-,26-/m1/s1. The van der Waals surface area contributed by atoms with Crippen molar-refractivity contribution >= 4 is 15.6 Å². The molecule has 1 N–H and O–H groups in total. The fourth-order valence-electron chi connectivity index (χ4n) is 4.92. The van der Waals surface area contributed by atoms with Gasteiger partial charge in [-0.3, -0.25) is 9.88 Å². The van der Waals surface area contributed by atoms with E-state index in [0.29, 0.717) is 12.3 Å². The van der Waals surface area contributed by atoms with Crippen LogP contribution in [0.4, 0.5) is 0 Å². The second-order valence-electron chi connectivity index (χ2n) is 9.93. The average Bonchev–Trinajstić information content (AvgIpc) is 2.86. The van der Waals surface area contributed by atoms with E-state index in [1.54, 1.807) is 19.2 Å². The fraction of sp³-hybridized carbons (Fsp3) is 0.519. The molecule has 4 rings (SSSR count). The van der Waals surface area contributed by atoms with Crippen molar-refractivity contribution < 1.29 is 18.3 Å². The summed E-state index contributed by atoms with van der Waals surface area (Å²) in [5.41, 5.74) is 3.38. The summed E-state index contributed by atoms with van der Waals surface area (Å²) in [5.74, 6) is 0.316. The Morgan fingerprint density at radius 1 is 1.29 bits per heavy atom. The zero-order valence-corrected chi connectivity index (χ0v) is 21.7. The topological polar surface area (TPSA) is 83.0 Å². The number of rotatable bonds is 7. The van der Waals surface area contributed by atoms with Crippen LogP contribution in [0.1, 0.15) is 50.7 Å². The zero-order chi connectivity index (χ0) is 25.0. The SMILES string of the molecule is C[C@@H]1CN([C@H](C)CO)S(=O)(=O)c2ccc(C3=CCCCC3)cc2O[C@@H]1CN(C)Cc1cccnc1. The molecule has 7 nitrogen and oxygen atoms in total. The molecule has 0 spiro atoms. The summed E-state index contributed by atoms with van der Waals surface area (Å²) in [7, 11) is -1.79. The highest BCUT2D eigenvalue weighted by atomic mass is 32.2. The van der Waals surface area contributed by atoms with E-state index in [0.717, 1.165) is 36.9 Å². The van der Waals surface area contributed by atoms with Crippen LogP contribution in [0, 0.1) is 5.92 Å². The van der Waals surface area contributed by atoms with Crippen molar-refractivity contribution in [2.24, 2.45) is 5.92 Å². The van der Waals surface area contributed by atoms with Gasteiger partial charge < -0.3 is 9.84 Å². The van der Waals surface area contributed by atoms with Crippen LogP contribution >= 0.6 is 0 Å². The van der Waals surface area contributed by atoms with Gasteiger partial charge in [-0.2, -0.15) is 4.31 Å². The predicted molar refractivity (Wildman–Crippen MR) is 137 cm³/mol. The third kappa shape index (κ3) is 5.94. The number of nitrogens with zero attached hydrogens (tertiary/aromatic N) is 3. The van der Waals surface area contributed by atoms with Crippen LogP contribution in [0.15, 0.2) is 53.7 Å². The van der Waals surface area contributed by atoms with E-state index in [4.69, 9.17) is 4.74 Å². The number of sulfonamides is 1. The molecule has 8 heteroatoms. The van der Waals surface area contributed by atoms with Crippen molar-refractivity contribution in [2.45, 2.75) is 63.1 Å². The Kier molecular flexibility index (Phi) is 8.27. The van der Waals surface area contributed by atoms with Crippen molar-refractivity contribution in [2.75, 3.05) is 26.7 Å². The smallest absolute Gasteiger partial charge is 0.247 e. The zero-order valence-electron chi connectivity index (χ0n) is 20.9. The number of aromatic nitrogens is 1. The molecule has 0 radical (unpaired) electrons. The van der Waals surface area contributed by atoms with Crippen LogP contribution in [0.25, 0.3) is 5.57 Å². The van der Waals surface area contributed by atoms with Gasteiger partial charge >= 0.3 is 0 Å². The van der Waals surface area contributed by atoms with Gasteiger partial charge in [0.05, 0.1) is 6.61 Å². The molecule has 2 heterocycles. The Balaban J connectivity index is 1.69. The number of hydrogen-bond acceptors (Lipinski definition) is 6. The number of fused-ring (bicyclic) bond motifs is 1. The minimum absolute atomic E-state index is 0.0826. The molecule has 0 unspecified atom stereocenters. The molecule has 2 aromatic rings. The highest BCUT2D eigenvalue weighted by Gasteiger charge is 2.38. The second-order valence-corrected chi connectivity index (χ2v) is 11.8. The van der Waals surface area contributed by atoms with Gasteiger partial charge in [0.25, 0.3) is 0 Å². The van der Waals surface area contributed by atoms with Gasteiger partial charge in [0, 0.05) is 44.0 Å². The van der Waals surface area contributed by atoms with E-state index in [9.17, 15) is 13.5 Å². The van der Waals surface area contributed by atoms with Gasteiger partial charge in [0.2, 0.25) is 10.0 Å². The van der Waals surface area contributed by atoms with E-state index in [-0.39, 0.29) is 30.1 Å². The monoisotopic (exact) mass is 499 g/mol. The minimum atomic E-state index is -3.83. The number of aliphatic hydroxyl groups is 1. The molecule has 1 aliphatic carbocycles. The van der Waals surface area contributed by atoms with Crippen molar-refractivity contribution in [1.29, 1.82) is 0 Å². The van der Waals surface area contributed by atoms with E-state index >= 15 is 0 Å². The number of benzene rings is 1. The van der Waals surface area contributed by atoms with Crippen molar-refractivity contribution in [3.8, 4) is 5.75 Å². The van der Waals surface area contributed by atoms with Gasteiger partial charge in [0.15, 0.2) is 0 Å². The Hall–Kier alpha value is -2.26. The van der Waals surface area contributed by atoms with Crippen molar-refractivity contribution in [3.63, 3.8) is 0 Å². The first-order chi connectivity index (χ1) is 16.8. The summed E-state index contributed by atoms with van der Waals surface area (Å²) >= 11 is 0. The van der Waals surface area contributed by atoms with Crippen molar-refractivity contribution in [3.05, 3.63) is 59.9 Å². The van der Waals surface area contributed by atoms with Crippen molar-refractivity contribution in [1.82, 2.24) is 14.2 Å². The molecule has 1 aromatic heterocycles. The Labute approximate surface area is 209 Å². The van der Waals surface area contributed by atoms with E-state index in [1.165, 1.54) is 16.3 Å². The number of hydrogen-bond donors (Lipinski definition) is 1. The van der Waals surface area contributed by atoms with Gasteiger partial charge in [-0.25, -0.2) is 8.42 Å². The summed E-state index contributed by atoms with van der Waals surface area (Å²) in [5, 5.41) is 9.85. The molecule has 0 saturated carbocycles. The van der Waals surface area contributed by atoms with Crippen LogP contribution in [0.2, 0.25) is 0 Å². The highest BCUT2D eigenvalue weighted by molar-refractivity contribution is 7.89. The highest BCUT2D eigenvalue weighted by Crippen LogP contribution is 2.37. The Morgan fingerprint density at radius 2 is 2.11 bits per heavy atom. The minimum Gasteiger partial charge on any atom is -0.487 e. The number of pyridine rings is 1. The average molecular weight is 500 g/mol. The van der Waals surface area contributed by atoms with Crippen LogP contribution in [-0.4, -0.2) is 66.6 Å². The molecule has 0 bridgehead atoms. The third-order valence-corrected chi connectivity index (χ3v) is 9.02. The maximum Gasteiger partial charge on any atom is 0.247 e. The van der Waals surface area contributed by atoms with Gasteiger partial charge in [0.1, 0.15) is 16.7 Å². The van der Waals surface area contributed by atoms with Crippen LogP contribution in [0.3, 0.4) is 0 Å². The van der Waals surface area contributed by atoms with Gasteiger partial charge in [-0.1, -0.05) is 25.1 Å². The van der Waals surface area contributed by atoms with E-state index in [1.807, 2.05) is 44.4 Å². The molecule has 35 heavy (non-hydrogen) atoms. The largest absolute Gasteiger partial charge is 0.487 e. The number of likely N-dealkylation sites (N-methyl/N-ethyl adjacent to an activating group) is 1. The maximum absolute atomic E-state index is 13.7. The summed E-state index contributed by atoms with van der Waals surface area (Å²) < 4.78 is 35.3. The summed E-state index contributed by atoms with van der Waals surface area (Å²) in [6.45, 7) is 5.16. The molecular formula is C27H37N3O4S. The lowest BCUT2D eigenvalue weighted by Crippen LogP contribution is -2.49. The fourth-order valence-corrected chi connectivity index (χ4v) is 6.74. The molecule has 1 aromatic carbocycles. The number of ether oxygens (including phenoxy) is 1. The molecule has 2 aliphatic rings. The first kappa shape index (κ1) is 25.8.